The van der Waals surface area contributed by atoms with Gasteiger partial charge >= 0.3 is 5.97 Å². The van der Waals surface area contributed by atoms with Crippen LogP contribution in [0.25, 0.3) is 0 Å². The second kappa shape index (κ2) is 7.99. The Labute approximate surface area is 179 Å². The van der Waals surface area contributed by atoms with Crippen LogP contribution in [0.4, 0.5) is 4.39 Å². The number of likely N-dealkylation sites (tertiary alicyclic amines) is 1. The van der Waals surface area contributed by atoms with Crippen molar-refractivity contribution >= 4 is 29.2 Å². The summed E-state index contributed by atoms with van der Waals surface area (Å²) in [5.74, 6) is 4.86. The van der Waals surface area contributed by atoms with Crippen molar-refractivity contribution in [3.05, 3.63) is 68.7 Å². The van der Waals surface area contributed by atoms with Crippen LogP contribution in [0.2, 0.25) is 10.0 Å². The third-order valence-electron chi connectivity index (χ3n) is 5.90. The number of hydrogen-bond acceptors (Lipinski definition) is 2. The lowest BCUT2D eigenvalue weighted by Gasteiger charge is -2.37. The quantitative estimate of drug-likeness (QED) is 0.658. The van der Waals surface area contributed by atoms with E-state index in [2.05, 4.69) is 28.9 Å². The Morgan fingerprint density at radius 2 is 1.83 bits per heavy atom. The van der Waals surface area contributed by atoms with Crippen molar-refractivity contribution in [1.82, 2.24) is 4.90 Å². The zero-order valence-electron chi connectivity index (χ0n) is 15.7. The minimum atomic E-state index is -2.09. The van der Waals surface area contributed by atoms with Crippen LogP contribution < -0.4 is 0 Å². The first kappa shape index (κ1) is 20.2. The molecule has 1 aliphatic carbocycles. The predicted octanol–water partition coefficient (Wildman–Crippen LogP) is 5.27. The maximum atomic E-state index is 14.3. The molecular formula is C23H20Cl2FNO2. The third kappa shape index (κ3) is 4.00. The van der Waals surface area contributed by atoms with E-state index in [-0.39, 0.29) is 18.9 Å². The summed E-state index contributed by atoms with van der Waals surface area (Å²) < 4.78 is 14.3. The number of nitrogens with zero attached hydrogens (tertiary/aromatic N) is 1. The van der Waals surface area contributed by atoms with Gasteiger partial charge in [-0.25, -0.2) is 9.18 Å². The molecular weight excluding hydrogens is 412 g/mol. The molecule has 1 fully saturated rings. The van der Waals surface area contributed by atoms with Crippen LogP contribution in [-0.4, -0.2) is 34.7 Å². The number of benzene rings is 2. The fourth-order valence-electron chi connectivity index (χ4n) is 4.21. The van der Waals surface area contributed by atoms with Crippen LogP contribution in [0.15, 0.2) is 36.4 Å². The molecule has 6 heteroatoms. The first-order valence-electron chi connectivity index (χ1n) is 9.62. The molecule has 0 spiro atoms. The second-order valence-corrected chi connectivity index (χ2v) is 8.44. The number of carbonyl (C=O) groups is 1. The van der Waals surface area contributed by atoms with Gasteiger partial charge in [-0.1, -0.05) is 47.2 Å². The van der Waals surface area contributed by atoms with Crippen molar-refractivity contribution < 1.29 is 14.3 Å². The fraction of sp³-hybridized carbons (Fsp3) is 0.348. The number of fused-ring (bicyclic) bond motifs is 1. The summed E-state index contributed by atoms with van der Waals surface area (Å²) in [7, 11) is 0. The van der Waals surface area contributed by atoms with E-state index in [9.17, 15) is 9.18 Å². The van der Waals surface area contributed by atoms with Gasteiger partial charge in [0.2, 0.25) is 5.67 Å². The summed E-state index contributed by atoms with van der Waals surface area (Å²) in [4.78, 5) is 13.3. The topological polar surface area (TPSA) is 40.5 Å². The molecule has 0 amide bonds. The number of piperidine rings is 1. The van der Waals surface area contributed by atoms with Crippen LogP contribution in [0.3, 0.4) is 0 Å². The summed E-state index contributed by atoms with van der Waals surface area (Å²) in [5, 5.41) is 10.1. The van der Waals surface area contributed by atoms with Gasteiger partial charge in [-0.15, -0.1) is 0 Å². The van der Waals surface area contributed by atoms with Crippen LogP contribution in [0, 0.1) is 11.8 Å². The van der Waals surface area contributed by atoms with Crippen molar-refractivity contribution in [2.75, 3.05) is 13.1 Å². The van der Waals surface area contributed by atoms with Gasteiger partial charge in [-0.05, 0) is 48.2 Å². The Balaban J connectivity index is 1.51. The molecule has 0 aromatic heterocycles. The van der Waals surface area contributed by atoms with Gasteiger partial charge in [0.25, 0.3) is 0 Å². The smallest absolute Gasteiger partial charge is 0.341 e. The molecule has 2 aliphatic rings. The highest BCUT2D eigenvalue weighted by Gasteiger charge is 2.43. The van der Waals surface area contributed by atoms with Crippen molar-refractivity contribution in [3.8, 4) is 11.8 Å². The summed E-state index contributed by atoms with van der Waals surface area (Å²) in [5.41, 5.74) is 1.90. The molecule has 2 aromatic rings. The Morgan fingerprint density at radius 1 is 1.14 bits per heavy atom. The Bertz CT molecular complexity index is 999. The van der Waals surface area contributed by atoms with Crippen LogP contribution in [0.1, 0.15) is 47.6 Å². The number of aliphatic carboxylic acids is 1. The molecule has 3 nitrogen and oxygen atoms in total. The highest BCUT2D eigenvalue weighted by Crippen LogP contribution is 2.39. The largest absolute Gasteiger partial charge is 0.479 e. The van der Waals surface area contributed by atoms with Gasteiger partial charge in [0.1, 0.15) is 0 Å². The van der Waals surface area contributed by atoms with Gasteiger partial charge < -0.3 is 5.11 Å². The predicted molar refractivity (Wildman–Crippen MR) is 112 cm³/mol. The molecule has 1 N–H and O–H groups in total. The molecule has 1 aliphatic heterocycles. The van der Waals surface area contributed by atoms with Crippen molar-refractivity contribution in [3.63, 3.8) is 0 Å². The molecule has 0 bridgehead atoms. The normalized spacial score (nSPS) is 20.6. The first-order valence-corrected chi connectivity index (χ1v) is 10.4. The average Bonchev–Trinajstić information content (AvgIpc) is 3.11. The monoisotopic (exact) mass is 431 g/mol. The van der Waals surface area contributed by atoms with Crippen molar-refractivity contribution in [2.24, 2.45) is 0 Å². The number of aryl methyl sites for hydroxylation is 1. The van der Waals surface area contributed by atoms with Gasteiger partial charge in [-0.2, -0.15) is 0 Å². The minimum Gasteiger partial charge on any atom is -0.479 e. The van der Waals surface area contributed by atoms with Crippen LogP contribution >= 0.6 is 23.2 Å². The van der Waals surface area contributed by atoms with Gasteiger partial charge in [-0.3, -0.25) is 4.90 Å². The summed E-state index contributed by atoms with van der Waals surface area (Å²) in [6.45, 7) is 0.916. The van der Waals surface area contributed by atoms with E-state index in [0.29, 0.717) is 28.7 Å². The second-order valence-electron chi connectivity index (χ2n) is 7.62. The molecule has 2 aromatic carbocycles. The van der Waals surface area contributed by atoms with Crippen molar-refractivity contribution in [1.29, 1.82) is 0 Å². The molecule has 1 heterocycles. The molecule has 150 valence electrons. The third-order valence-corrected chi connectivity index (χ3v) is 6.53. The molecule has 1 atom stereocenters. The molecule has 29 heavy (non-hydrogen) atoms. The lowest BCUT2D eigenvalue weighted by atomic mass is 9.91. The van der Waals surface area contributed by atoms with Gasteiger partial charge in [0.15, 0.2) is 0 Å². The molecule has 4 rings (SSSR count). The van der Waals surface area contributed by atoms with Gasteiger partial charge in [0, 0.05) is 37.5 Å². The minimum absolute atomic E-state index is 0.0380. The SMILES string of the molecule is O=C(O)C1(F)CCN(C2CCc3cc(C#Cc4c(Cl)cccc4Cl)ccc32)CC1. The number of carboxylic acid groups (broad SMARTS) is 1. The molecule has 1 saturated heterocycles. The molecule has 1 unspecified atom stereocenters. The number of rotatable bonds is 2. The molecule has 0 radical (unpaired) electrons. The van der Waals surface area contributed by atoms with Gasteiger partial charge in [0.05, 0.1) is 15.6 Å². The first-order chi connectivity index (χ1) is 13.9. The van der Waals surface area contributed by atoms with E-state index in [1.54, 1.807) is 18.2 Å². The number of halogens is 3. The van der Waals surface area contributed by atoms with E-state index >= 15 is 0 Å². The lowest BCUT2D eigenvalue weighted by molar-refractivity contribution is -0.154. The fourth-order valence-corrected chi connectivity index (χ4v) is 4.70. The summed E-state index contributed by atoms with van der Waals surface area (Å²) >= 11 is 12.4. The van der Waals surface area contributed by atoms with E-state index < -0.39 is 11.6 Å². The average molecular weight is 432 g/mol. The Morgan fingerprint density at radius 3 is 2.48 bits per heavy atom. The lowest BCUT2D eigenvalue weighted by Crippen LogP contribution is -2.47. The number of carboxylic acids is 1. The zero-order valence-corrected chi connectivity index (χ0v) is 17.2. The molecule has 0 saturated carbocycles. The van der Waals surface area contributed by atoms with Crippen LogP contribution in [0.5, 0.6) is 0 Å². The number of hydrogen-bond donors (Lipinski definition) is 1. The number of alkyl halides is 1. The Hall–Kier alpha value is -2.06. The van der Waals surface area contributed by atoms with E-state index in [0.717, 1.165) is 18.4 Å². The zero-order chi connectivity index (χ0) is 20.6. The summed E-state index contributed by atoms with van der Waals surface area (Å²) in [6, 6.07) is 11.7. The van der Waals surface area contributed by atoms with E-state index in [4.69, 9.17) is 28.3 Å². The van der Waals surface area contributed by atoms with E-state index in [1.165, 1.54) is 11.1 Å². The maximum absolute atomic E-state index is 14.3. The van der Waals surface area contributed by atoms with E-state index in [1.807, 2.05) is 6.07 Å². The maximum Gasteiger partial charge on any atom is 0.341 e. The highest BCUT2D eigenvalue weighted by molar-refractivity contribution is 6.36. The highest BCUT2D eigenvalue weighted by atomic mass is 35.5. The van der Waals surface area contributed by atoms with Crippen LogP contribution in [-0.2, 0) is 11.2 Å². The Kier molecular flexibility index (Phi) is 5.57. The summed E-state index contributed by atoms with van der Waals surface area (Å²) in [6.07, 6.45) is 1.96. The standard InChI is InChI=1S/C23H20Cl2FNO2/c24-19-2-1-3-20(25)18(19)8-5-15-4-7-17-16(14-15)6-9-21(17)27-12-10-23(26,11-13-27)22(28)29/h1-4,7,14,21H,6,9-13H2,(H,28,29). The van der Waals surface area contributed by atoms with Crippen molar-refractivity contribution in [2.45, 2.75) is 37.4 Å².